The van der Waals surface area contributed by atoms with Crippen LogP contribution in [0.2, 0.25) is 0 Å². The van der Waals surface area contributed by atoms with Crippen LogP contribution in [0.1, 0.15) is 48.6 Å². The molecule has 0 atom stereocenters. The van der Waals surface area contributed by atoms with Crippen molar-refractivity contribution in [3.63, 3.8) is 0 Å². The van der Waals surface area contributed by atoms with Gasteiger partial charge in [0.05, 0.1) is 5.69 Å². The molecule has 0 spiro atoms. The second-order valence-electron chi connectivity index (χ2n) is 4.54. The van der Waals surface area contributed by atoms with Crippen molar-refractivity contribution in [3.05, 3.63) is 17.0 Å². The molecule has 15 heavy (non-hydrogen) atoms. The van der Waals surface area contributed by atoms with Gasteiger partial charge in [0.2, 0.25) is 0 Å². The Morgan fingerprint density at radius 2 is 2.13 bits per heavy atom. The number of aryl methyl sites for hydroxylation is 1. The van der Waals surface area contributed by atoms with Crippen molar-refractivity contribution in [3.8, 4) is 0 Å². The Balaban J connectivity index is 2.15. The van der Waals surface area contributed by atoms with E-state index in [1.165, 1.54) is 42.6 Å². The van der Waals surface area contributed by atoms with Crippen LogP contribution in [-0.4, -0.2) is 23.8 Å². The van der Waals surface area contributed by atoms with Crippen molar-refractivity contribution in [2.24, 2.45) is 0 Å². The third-order valence-corrected chi connectivity index (χ3v) is 3.45. The smallest absolute Gasteiger partial charge is 0.0672 e. The maximum Gasteiger partial charge on any atom is 0.0672 e. The highest BCUT2D eigenvalue weighted by Gasteiger charge is 2.23. The molecular formula is C12H21N3. The Bertz CT molecular complexity index is 311. The van der Waals surface area contributed by atoms with Crippen molar-refractivity contribution in [2.45, 2.75) is 44.9 Å². The molecule has 0 amide bonds. The zero-order valence-corrected chi connectivity index (χ0v) is 9.77. The van der Waals surface area contributed by atoms with E-state index in [-0.39, 0.29) is 0 Å². The fourth-order valence-electron chi connectivity index (χ4n) is 2.68. The number of aromatic nitrogens is 2. The number of nitrogens with one attached hydrogen (secondary N) is 2. The molecule has 0 unspecified atom stereocenters. The van der Waals surface area contributed by atoms with Gasteiger partial charge in [0.25, 0.3) is 0 Å². The van der Waals surface area contributed by atoms with E-state index < -0.39 is 0 Å². The van der Waals surface area contributed by atoms with Gasteiger partial charge in [0, 0.05) is 18.7 Å². The minimum Gasteiger partial charge on any atom is -0.319 e. The molecule has 0 bridgehead atoms. The maximum atomic E-state index is 4.43. The SMILES string of the molecule is CNCCc1n[nH]c(C)c1C1CCCC1. The van der Waals surface area contributed by atoms with Crippen LogP contribution in [-0.2, 0) is 6.42 Å². The summed E-state index contributed by atoms with van der Waals surface area (Å²) in [6.07, 6.45) is 6.54. The van der Waals surface area contributed by atoms with Gasteiger partial charge < -0.3 is 5.32 Å². The molecule has 3 heteroatoms. The lowest BCUT2D eigenvalue weighted by atomic mass is 9.94. The summed E-state index contributed by atoms with van der Waals surface area (Å²) in [5, 5.41) is 10.8. The van der Waals surface area contributed by atoms with Gasteiger partial charge in [-0.2, -0.15) is 5.10 Å². The number of likely N-dealkylation sites (N-methyl/N-ethyl adjacent to an activating group) is 1. The number of H-pyrrole nitrogens is 1. The largest absolute Gasteiger partial charge is 0.319 e. The lowest BCUT2D eigenvalue weighted by molar-refractivity contribution is 0.695. The van der Waals surface area contributed by atoms with Crippen LogP contribution in [0.25, 0.3) is 0 Å². The molecule has 84 valence electrons. The lowest BCUT2D eigenvalue weighted by Gasteiger charge is -2.10. The van der Waals surface area contributed by atoms with E-state index in [0.29, 0.717) is 0 Å². The molecule has 0 aromatic carbocycles. The van der Waals surface area contributed by atoms with Gasteiger partial charge in [-0.15, -0.1) is 0 Å². The van der Waals surface area contributed by atoms with Gasteiger partial charge in [-0.05, 0) is 38.3 Å². The molecule has 3 nitrogen and oxygen atoms in total. The average molecular weight is 207 g/mol. The minimum absolute atomic E-state index is 0.774. The van der Waals surface area contributed by atoms with Gasteiger partial charge >= 0.3 is 0 Å². The van der Waals surface area contributed by atoms with Crippen LogP contribution in [0.5, 0.6) is 0 Å². The molecule has 0 aliphatic heterocycles. The highest BCUT2D eigenvalue weighted by atomic mass is 15.1. The summed E-state index contributed by atoms with van der Waals surface area (Å²) < 4.78 is 0. The topological polar surface area (TPSA) is 40.7 Å². The van der Waals surface area contributed by atoms with Crippen molar-refractivity contribution in [2.75, 3.05) is 13.6 Å². The predicted molar refractivity (Wildman–Crippen MR) is 62.2 cm³/mol. The highest BCUT2D eigenvalue weighted by Crippen LogP contribution is 2.36. The van der Waals surface area contributed by atoms with Crippen LogP contribution in [0.15, 0.2) is 0 Å². The van der Waals surface area contributed by atoms with Crippen molar-refractivity contribution >= 4 is 0 Å². The zero-order valence-electron chi connectivity index (χ0n) is 9.77. The third kappa shape index (κ3) is 2.23. The number of aromatic amines is 1. The minimum atomic E-state index is 0.774. The van der Waals surface area contributed by atoms with E-state index in [0.717, 1.165) is 18.9 Å². The van der Waals surface area contributed by atoms with Crippen LogP contribution in [0, 0.1) is 6.92 Å². The number of hydrogen-bond acceptors (Lipinski definition) is 2. The summed E-state index contributed by atoms with van der Waals surface area (Å²) in [7, 11) is 1.99. The number of rotatable bonds is 4. The first kappa shape index (κ1) is 10.7. The summed E-state index contributed by atoms with van der Waals surface area (Å²) >= 11 is 0. The van der Waals surface area contributed by atoms with E-state index in [2.05, 4.69) is 22.4 Å². The first-order valence-corrected chi connectivity index (χ1v) is 6.01. The Morgan fingerprint density at radius 3 is 2.80 bits per heavy atom. The van der Waals surface area contributed by atoms with Crippen LogP contribution in [0.4, 0.5) is 0 Å². The summed E-state index contributed by atoms with van der Waals surface area (Å²) in [5.74, 6) is 0.774. The first-order valence-electron chi connectivity index (χ1n) is 6.01. The highest BCUT2D eigenvalue weighted by molar-refractivity contribution is 5.29. The van der Waals surface area contributed by atoms with Crippen molar-refractivity contribution in [1.82, 2.24) is 15.5 Å². The van der Waals surface area contributed by atoms with Gasteiger partial charge in [-0.25, -0.2) is 0 Å². The predicted octanol–water partition coefficient (Wildman–Crippen LogP) is 2.14. The van der Waals surface area contributed by atoms with E-state index >= 15 is 0 Å². The fraction of sp³-hybridized carbons (Fsp3) is 0.750. The van der Waals surface area contributed by atoms with Gasteiger partial charge in [-0.3, -0.25) is 5.10 Å². The molecule has 1 aliphatic carbocycles. The monoisotopic (exact) mass is 207 g/mol. The quantitative estimate of drug-likeness (QED) is 0.794. The standard InChI is InChI=1S/C12H21N3/c1-9-12(10-5-3-4-6-10)11(15-14-9)7-8-13-2/h10,13H,3-8H2,1-2H3,(H,14,15). The van der Waals surface area contributed by atoms with Crippen LogP contribution in [0.3, 0.4) is 0 Å². The normalized spacial score (nSPS) is 17.5. The van der Waals surface area contributed by atoms with Crippen LogP contribution >= 0.6 is 0 Å². The second kappa shape index (κ2) is 4.79. The zero-order chi connectivity index (χ0) is 10.7. The van der Waals surface area contributed by atoms with Gasteiger partial charge in [0.1, 0.15) is 0 Å². The molecule has 1 aliphatic rings. The molecule has 2 N–H and O–H groups in total. The average Bonchev–Trinajstić information content (AvgIpc) is 2.84. The Hall–Kier alpha value is -0.830. The first-order chi connectivity index (χ1) is 7.33. The molecule has 1 heterocycles. The van der Waals surface area contributed by atoms with E-state index in [1.807, 2.05) is 7.05 Å². The molecule has 0 radical (unpaired) electrons. The van der Waals surface area contributed by atoms with Crippen molar-refractivity contribution in [1.29, 1.82) is 0 Å². The Labute approximate surface area is 91.7 Å². The van der Waals surface area contributed by atoms with E-state index in [4.69, 9.17) is 0 Å². The summed E-state index contributed by atoms with van der Waals surface area (Å²) in [5.41, 5.74) is 4.09. The molecule has 1 aromatic heterocycles. The number of hydrogen-bond donors (Lipinski definition) is 2. The second-order valence-corrected chi connectivity index (χ2v) is 4.54. The molecule has 0 saturated heterocycles. The van der Waals surface area contributed by atoms with Gasteiger partial charge in [0.15, 0.2) is 0 Å². The maximum absolute atomic E-state index is 4.43. The summed E-state index contributed by atoms with van der Waals surface area (Å²) in [6, 6.07) is 0. The van der Waals surface area contributed by atoms with Crippen molar-refractivity contribution < 1.29 is 0 Å². The van der Waals surface area contributed by atoms with E-state index in [1.54, 1.807) is 0 Å². The van der Waals surface area contributed by atoms with Gasteiger partial charge in [-0.1, -0.05) is 12.8 Å². The molecule has 1 fully saturated rings. The summed E-state index contributed by atoms with van der Waals surface area (Å²) in [4.78, 5) is 0. The fourth-order valence-corrected chi connectivity index (χ4v) is 2.68. The Morgan fingerprint density at radius 1 is 1.40 bits per heavy atom. The number of nitrogens with zero attached hydrogens (tertiary/aromatic N) is 1. The molecule has 1 aromatic rings. The summed E-state index contributed by atoms with van der Waals surface area (Å²) in [6.45, 7) is 3.17. The molecule has 2 rings (SSSR count). The molecule has 1 saturated carbocycles. The van der Waals surface area contributed by atoms with E-state index in [9.17, 15) is 0 Å². The van der Waals surface area contributed by atoms with Crippen LogP contribution < -0.4 is 5.32 Å². The third-order valence-electron chi connectivity index (χ3n) is 3.45. The molecular weight excluding hydrogens is 186 g/mol. The lowest BCUT2D eigenvalue weighted by Crippen LogP contribution is -2.12. The Kier molecular flexibility index (Phi) is 3.41.